The van der Waals surface area contributed by atoms with Crippen LogP contribution in [0.2, 0.25) is 0 Å². The first-order valence-corrected chi connectivity index (χ1v) is 16.9. The van der Waals surface area contributed by atoms with Gasteiger partial charge in [-0.25, -0.2) is 0 Å². The number of aromatic amines is 1. The fourth-order valence-electron chi connectivity index (χ4n) is 7.98. The second-order valence-corrected chi connectivity index (χ2v) is 12.9. The zero-order valence-corrected chi connectivity index (χ0v) is 26.8. The van der Waals surface area contributed by atoms with Crippen LogP contribution in [0.25, 0.3) is 98.6 Å². The van der Waals surface area contributed by atoms with E-state index in [0.29, 0.717) is 0 Å². The van der Waals surface area contributed by atoms with Crippen LogP contribution in [0, 0.1) is 0 Å². The Bertz CT molecular complexity index is 2820. The molecule has 0 saturated carbocycles. The van der Waals surface area contributed by atoms with Crippen LogP contribution >= 0.6 is 0 Å². The van der Waals surface area contributed by atoms with E-state index in [1.54, 1.807) is 0 Å². The van der Waals surface area contributed by atoms with Gasteiger partial charge in [-0.1, -0.05) is 170 Å². The molecular formula is C48H31N. The highest BCUT2D eigenvalue weighted by molar-refractivity contribution is 6.22. The fourth-order valence-corrected chi connectivity index (χ4v) is 7.98. The molecule has 0 radical (unpaired) electrons. The Labute approximate surface area is 284 Å². The van der Waals surface area contributed by atoms with Crippen LogP contribution in [0.4, 0.5) is 0 Å². The molecule has 1 N–H and O–H groups in total. The van der Waals surface area contributed by atoms with Crippen LogP contribution in [0.15, 0.2) is 182 Å². The molecule has 0 atom stereocenters. The number of fused-ring (bicyclic) bond motifs is 7. The molecule has 1 heteroatoms. The molecule has 1 aromatic heterocycles. The molecule has 9 aromatic carbocycles. The first-order chi connectivity index (χ1) is 24.3. The Kier molecular flexibility index (Phi) is 6.25. The lowest BCUT2D eigenvalue weighted by atomic mass is 9.83. The smallest absolute Gasteiger partial charge is 0.0544 e. The number of hydrogen-bond donors (Lipinski definition) is 1. The van der Waals surface area contributed by atoms with Crippen LogP contribution in [0.3, 0.4) is 0 Å². The van der Waals surface area contributed by atoms with Crippen molar-refractivity contribution in [1.82, 2.24) is 4.98 Å². The maximum atomic E-state index is 3.76. The van der Waals surface area contributed by atoms with E-state index in [4.69, 9.17) is 0 Å². The van der Waals surface area contributed by atoms with Crippen molar-refractivity contribution in [1.29, 1.82) is 0 Å². The summed E-state index contributed by atoms with van der Waals surface area (Å²) in [6.07, 6.45) is 0. The second kappa shape index (κ2) is 11.1. The van der Waals surface area contributed by atoms with Crippen molar-refractivity contribution in [2.24, 2.45) is 0 Å². The molecule has 0 aliphatic carbocycles. The molecule has 0 fully saturated rings. The predicted octanol–water partition coefficient (Wildman–Crippen LogP) is 13.4. The number of H-pyrrole nitrogens is 1. The molecule has 0 aliphatic heterocycles. The van der Waals surface area contributed by atoms with Gasteiger partial charge in [0.05, 0.1) is 5.52 Å². The SMILES string of the molecule is c1ccc(-c2ccccc2-c2c3ccccc3c(-c3cccc(-c4ccc5c(c4)[nH]c4c6ccccc6ccc54)c3)c3ccccc23)cc1. The Morgan fingerprint density at radius 3 is 1.59 bits per heavy atom. The average Bonchev–Trinajstić information content (AvgIpc) is 3.56. The van der Waals surface area contributed by atoms with Crippen molar-refractivity contribution in [3.8, 4) is 44.5 Å². The third-order valence-electron chi connectivity index (χ3n) is 10.2. The quantitative estimate of drug-likeness (QED) is 0.188. The molecule has 0 bridgehead atoms. The van der Waals surface area contributed by atoms with Crippen LogP contribution < -0.4 is 0 Å². The molecular weight excluding hydrogens is 591 g/mol. The maximum absolute atomic E-state index is 3.76. The van der Waals surface area contributed by atoms with Gasteiger partial charge in [0.25, 0.3) is 0 Å². The molecule has 0 aliphatic rings. The van der Waals surface area contributed by atoms with Gasteiger partial charge in [0.2, 0.25) is 0 Å². The Morgan fingerprint density at radius 2 is 0.837 bits per heavy atom. The molecule has 0 saturated heterocycles. The topological polar surface area (TPSA) is 15.8 Å². The summed E-state index contributed by atoms with van der Waals surface area (Å²) in [5, 5.41) is 10.1. The number of aromatic nitrogens is 1. The van der Waals surface area contributed by atoms with E-state index in [9.17, 15) is 0 Å². The lowest BCUT2D eigenvalue weighted by Gasteiger charge is -2.20. The van der Waals surface area contributed by atoms with Gasteiger partial charge in [0, 0.05) is 21.7 Å². The molecule has 1 nitrogen and oxygen atoms in total. The lowest BCUT2D eigenvalue weighted by molar-refractivity contribution is 1.55. The van der Waals surface area contributed by atoms with Gasteiger partial charge in [-0.05, 0) is 83.6 Å². The number of hydrogen-bond acceptors (Lipinski definition) is 0. The number of nitrogens with one attached hydrogen (secondary N) is 1. The molecule has 228 valence electrons. The van der Waals surface area contributed by atoms with E-state index >= 15 is 0 Å². The zero-order valence-electron chi connectivity index (χ0n) is 26.8. The van der Waals surface area contributed by atoms with Crippen molar-refractivity contribution in [3.05, 3.63) is 182 Å². The summed E-state index contributed by atoms with van der Waals surface area (Å²) >= 11 is 0. The van der Waals surface area contributed by atoms with Crippen LogP contribution in [-0.2, 0) is 0 Å². The maximum Gasteiger partial charge on any atom is 0.0544 e. The van der Waals surface area contributed by atoms with Crippen molar-refractivity contribution in [3.63, 3.8) is 0 Å². The minimum atomic E-state index is 1.16. The molecule has 10 rings (SSSR count). The van der Waals surface area contributed by atoms with E-state index in [1.165, 1.54) is 93.1 Å². The van der Waals surface area contributed by atoms with Gasteiger partial charge in [-0.3, -0.25) is 0 Å². The first-order valence-electron chi connectivity index (χ1n) is 16.9. The standard InChI is InChI=1S/C48H31N/c1-2-13-31(14-3-1)36-18-6-7-20-39(36)47-42-23-10-8-21-40(42)46(41-22-9-11-24-43(41)47)35-17-12-16-33(29-35)34-26-27-38-44-28-25-32-15-4-5-19-37(32)48(44)49-45(38)30-34/h1-30,49H. The van der Waals surface area contributed by atoms with Gasteiger partial charge >= 0.3 is 0 Å². The predicted molar refractivity (Wildman–Crippen MR) is 210 cm³/mol. The van der Waals surface area contributed by atoms with Crippen LogP contribution in [-0.4, -0.2) is 4.98 Å². The summed E-state index contributed by atoms with van der Waals surface area (Å²) in [5.74, 6) is 0. The largest absolute Gasteiger partial charge is 0.354 e. The summed E-state index contributed by atoms with van der Waals surface area (Å²) in [6, 6.07) is 66.4. The van der Waals surface area contributed by atoms with E-state index in [-0.39, 0.29) is 0 Å². The van der Waals surface area contributed by atoms with Crippen molar-refractivity contribution >= 4 is 54.1 Å². The highest BCUT2D eigenvalue weighted by Gasteiger charge is 2.19. The summed E-state index contributed by atoms with van der Waals surface area (Å²) in [4.78, 5) is 3.76. The van der Waals surface area contributed by atoms with E-state index in [2.05, 4.69) is 187 Å². The van der Waals surface area contributed by atoms with Crippen molar-refractivity contribution < 1.29 is 0 Å². The van der Waals surface area contributed by atoms with E-state index < -0.39 is 0 Å². The molecule has 1 heterocycles. The number of benzene rings is 9. The average molecular weight is 622 g/mol. The summed E-state index contributed by atoms with van der Waals surface area (Å²) in [7, 11) is 0. The third kappa shape index (κ3) is 4.40. The normalized spacial score (nSPS) is 11.7. The molecule has 10 aromatic rings. The van der Waals surface area contributed by atoms with Gasteiger partial charge < -0.3 is 4.98 Å². The van der Waals surface area contributed by atoms with E-state index in [0.717, 1.165) is 5.52 Å². The molecule has 0 unspecified atom stereocenters. The van der Waals surface area contributed by atoms with Crippen LogP contribution in [0.5, 0.6) is 0 Å². The van der Waals surface area contributed by atoms with E-state index in [1.807, 2.05) is 0 Å². The van der Waals surface area contributed by atoms with Crippen LogP contribution in [0.1, 0.15) is 0 Å². The zero-order chi connectivity index (χ0) is 32.3. The fraction of sp³-hybridized carbons (Fsp3) is 0. The van der Waals surface area contributed by atoms with Gasteiger partial charge in [0.1, 0.15) is 0 Å². The summed E-state index contributed by atoms with van der Waals surface area (Å²) in [5.41, 5.74) is 12.3. The Balaban J connectivity index is 1.18. The van der Waals surface area contributed by atoms with Gasteiger partial charge in [0.15, 0.2) is 0 Å². The minimum Gasteiger partial charge on any atom is -0.354 e. The molecule has 49 heavy (non-hydrogen) atoms. The second-order valence-electron chi connectivity index (χ2n) is 12.9. The summed E-state index contributed by atoms with van der Waals surface area (Å²) < 4.78 is 0. The lowest BCUT2D eigenvalue weighted by Crippen LogP contribution is -1.93. The third-order valence-corrected chi connectivity index (χ3v) is 10.2. The summed E-state index contributed by atoms with van der Waals surface area (Å²) in [6.45, 7) is 0. The first kappa shape index (κ1) is 27.7. The van der Waals surface area contributed by atoms with Gasteiger partial charge in [-0.15, -0.1) is 0 Å². The highest BCUT2D eigenvalue weighted by atomic mass is 14.7. The Hall–Kier alpha value is -6.44. The minimum absolute atomic E-state index is 1.16. The van der Waals surface area contributed by atoms with Gasteiger partial charge in [-0.2, -0.15) is 0 Å². The molecule has 0 spiro atoms. The number of rotatable bonds is 4. The van der Waals surface area contributed by atoms with Crippen molar-refractivity contribution in [2.75, 3.05) is 0 Å². The highest BCUT2D eigenvalue weighted by Crippen LogP contribution is 2.46. The monoisotopic (exact) mass is 621 g/mol. The Morgan fingerprint density at radius 1 is 0.286 bits per heavy atom. The molecule has 0 amide bonds. The van der Waals surface area contributed by atoms with Crippen molar-refractivity contribution in [2.45, 2.75) is 0 Å².